The summed E-state index contributed by atoms with van der Waals surface area (Å²) in [5.74, 6) is 0.281. The summed E-state index contributed by atoms with van der Waals surface area (Å²) in [7, 11) is 1.83. The molecule has 0 saturated carbocycles. The standard InChI is InChI=1S/C15H19NO3/c1-3-19-15(18)12-6-4-11(5-7-12)13-8-9-14(17)16(2)10-13/h4-7,13H,3,8-10H2,1-2H3. The molecule has 0 spiro atoms. The summed E-state index contributed by atoms with van der Waals surface area (Å²) < 4.78 is 4.95. The van der Waals surface area contributed by atoms with Crippen LogP contribution < -0.4 is 0 Å². The van der Waals surface area contributed by atoms with Gasteiger partial charge < -0.3 is 9.64 Å². The van der Waals surface area contributed by atoms with E-state index in [-0.39, 0.29) is 11.9 Å². The van der Waals surface area contributed by atoms with Gasteiger partial charge in [-0.3, -0.25) is 4.79 Å². The van der Waals surface area contributed by atoms with Gasteiger partial charge in [-0.05, 0) is 31.0 Å². The number of carbonyl (C=O) groups excluding carboxylic acids is 2. The van der Waals surface area contributed by atoms with Crippen molar-refractivity contribution >= 4 is 11.9 Å². The minimum atomic E-state index is -0.287. The average Bonchev–Trinajstić information content (AvgIpc) is 2.42. The van der Waals surface area contributed by atoms with E-state index in [1.54, 1.807) is 24.0 Å². The van der Waals surface area contributed by atoms with E-state index in [1.807, 2.05) is 19.2 Å². The minimum absolute atomic E-state index is 0.208. The third-order valence-corrected chi connectivity index (χ3v) is 3.52. The molecule has 0 N–H and O–H groups in total. The summed E-state index contributed by atoms with van der Waals surface area (Å²) >= 11 is 0. The van der Waals surface area contributed by atoms with E-state index >= 15 is 0 Å². The maximum atomic E-state index is 11.6. The number of carbonyl (C=O) groups is 2. The molecule has 1 amide bonds. The zero-order chi connectivity index (χ0) is 13.8. The van der Waals surface area contributed by atoms with Crippen LogP contribution in [0.3, 0.4) is 0 Å². The zero-order valence-corrected chi connectivity index (χ0v) is 11.4. The van der Waals surface area contributed by atoms with Crippen LogP contribution >= 0.6 is 0 Å². The number of hydrogen-bond acceptors (Lipinski definition) is 3. The summed E-state index contributed by atoms with van der Waals surface area (Å²) in [6.07, 6.45) is 1.47. The third kappa shape index (κ3) is 3.13. The molecule has 1 unspecified atom stereocenters. The Morgan fingerprint density at radius 3 is 2.63 bits per heavy atom. The van der Waals surface area contributed by atoms with E-state index in [1.165, 1.54) is 5.56 Å². The van der Waals surface area contributed by atoms with Crippen LogP contribution in [0.1, 0.15) is 41.6 Å². The maximum Gasteiger partial charge on any atom is 0.338 e. The highest BCUT2D eigenvalue weighted by molar-refractivity contribution is 5.89. The van der Waals surface area contributed by atoms with E-state index in [2.05, 4.69) is 0 Å². The molecule has 19 heavy (non-hydrogen) atoms. The fourth-order valence-corrected chi connectivity index (χ4v) is 2.39. The summed E-state index contributed by atoms with van der Waals surface area (Å²) in [5, 5.41) is 0. The molecule has 1 atom stereocenters. The fraction of sp³-hybridized carbons (Fsp3) is 0.467. The Balaban J connectivity index is 2.06. The molecule has 1 heterocycles. The predicted octanol–water partition coefficient (Wildman–Crippen LogP) is 2.20. The molecule has 1 saturated heterocycles. The van der Waals surface area contributed by atoms with E-state index in [9.17, 15) is 9.59 Å². The van der Waals surface area contributed by atoms with Gasteiger partial charge in [0.15, 0.2) is 0 Å². The Kier molecular flexibility index (Phi) is 4.20. The van der Waals surface area contributed by atoms with Crippen LogP contribution in [-0.4, -0.2) is 37.0 Å². The Morgan fingerprint density at radius 1 is 1.37 bits per heavy atom. The van der Waals surface area contributed by atoms with Gasteiger partial charge in [0.2, 0.25) is 5.91 Å². The van der Waals surface area contributed by atoms with Gasteiger partial charge in [0.1, 0.15) is 0 Å². The highest BCUT2D eigenvalue weighted by Crippen LogP contribution is 2.27. The lowest BCUT2D eigenvalue weighted by atomic mass is 9.90. The van der Waals surface area contributed by atoms with Crippen molar-refractivity contribution in [3.05, 3.63) is 35.4 Å². The number of amides is 1. The first kappa shape index (κ1) is 13.6. The van der Waals surface area contributed by atoms with Gasteiger partial charge in [-0.1, -0.05) is 12.1 Å². The molecule has 2 rings (SSSR count). The van der Waals surface area contributed by atoms with Crippen molar-refractivity contribution < 1.29 is 14.3 Å². The second-order valence-electron chi connectivity index (χ2n) is 4.85. The van der Waals surface area contributed by atoms with E-state index in [4.69, 9.17) is 4.74 Å². The zero-order valence-electron chi connectivity index (χ0n) is 11.4. The fourth-order valence-electron chi connectivity index (χ4n) is 2.39. The van der Waals surface area contributed by atoms with Gasteiger partial charge in [-0.25, -0.2) is 4.79 Å². The number of nitrogens with zero attached hydrogens (tertiary/aromatic N) is 1. The topological polar surface area (TPSA) is 46.6 Å². The minimum Gasteiger partial charge on any atom is -0.462 e. The smallest absolute Gasteiger partial charge is 0.338 e. The lowest BCUT2D eigenvalue weighted by Crippen LogP contribution is -2.35. The number of likely N-dealkylation sites (N-methyl/N-ethyl adjacent to an activating group) is 1. The quantitative estimate of drug-likeness (QED) is 0.784. The molecule has 0 bridgehead atoms. The third-order valence-electron chi connectivity index (χ3n) is 3.52. The van der Waals surface area contributed by atoms with E-state index in [0.29, 0.717) is 24.5 Å². The predicted molar refractivity (Wildman–Crippen MR) is 72.0 cm³/mol. The van der Waals surface area contributed by atoms with Gasteiger partial charge in [0.05, 0.1) is 12.2 Å². The molecule has 1 aromatic rings. The number of esters is 1. The number of rotatable bonds is 3. The van der Waals surface area contributed by atoms with Crippen LogP contribution in [-0.2, 0) is 9.53 Å². The van der Waals surface area contributed by atoms with Crippen molar-refractivity contribution in [3.63, 3.8) is 0 Å². The van der Waals surface area contributed by atoms with Gasteiger partial charge in [-0.2, -0.15) is 0 Å². The Bertz CT molecular complexity index is 467. The van der Waals surface area contributed by atoms with Crippen molar-refractivity contribution in [3.8, 4) is 0 Å². The van der Waals surface area contributed by atoms with E-state index in [0.717, 1.165) is 13.0 Å². The normalized spacial score (nSPS) is 19.4. The number of likely N-dealkylation sites (tertiary alicyclic amines) is 1. The molecule has 0 radical (unpaired) electrons. The van der Waals surface area contributed by atoms with Crippen LogP contribution in [0.25, 0.3) is 0 Å². The molecule has 0 aromatic heterocycles. The lowest BCUT2D eigenvalue weighted by molar-refractivity contribution is -0.132. The Hall–Kier alpha value is -1.84. The molecule has 1 aliphatic rings. The average molecular weight is 261 g/mol. The molecule has 4 heteroatoms. The highest BCUT2D eigenvalue weighted by Gasteiger charge is 2.24. The van der Waals surface area contributed by atoms with Crippen LogP contribution in [0.15, 0.2) is 24.3 Å². The largest absolute Gasteiger partial charge is 0.462 e. The SMILES string of the molecule is CCOC(=O)c1ccc(C2CCC(=O)N(C)C2)cc1. The molecular weight excluding hydrogens is 242 g/mol. The first-order valence-corrected chi connectivity index (χ1v) is 6.63. The molecule has 102 valence electrons. The molecule has 1 aromatic carbocycles. The second kappa shape index (κ2) is 5.87. The first-order valence-electron chi connectivity index (χ1n) is 6.63. The molecule has 0 aliphatic carbocycles. The number of benzene rings is 1. The molecule has 4 nitrogen and oxygen atoms in total. The first-order chi connectivity index (χ1) is 9.11. The van der Waals surface area contributed by atoms with Crippen molar-refractivity contribution in [2.24, 2.45) is 0 Å². The highest BCUT2D eigenvalue weighted by atomic mass is 16.5. The summed E-state index contributed by atoms with van der Waals surface area (Å²) in [6, 6.07) is 7.51. The molecular formula is C15H19NO3. The summed E-state index contributed by atoms with van der Waals surface area (Å²) in [5.41, 5.74) is 1.75. The van der Waals surface area contributed by atoms with Crippen LogP contribution in [0.2, 0.25) is 0 Å². The lowest BCUT2D eigenvalue weighted by Gasteiger charge is -2.29. The number of hydrogen-bond donors (Lipinski definition) is 0. The van der Waals surface area contributed by atoms with Crippen molar-refractivity contribution in [1.29, 1.82) is 0 Å². The van der Waals surface area contributed by atoms with Crippen LogP contribution in [0.5, 0.6) is 0 Å². The van der Waals surface area contributed by atoms with Crippen molar-refractivity contribution in [1.82, 2.24) is 4.90 Å². The summed E-state index contributed by atoms with van der Waals surface area (Å²) in [4.78, 5) is 24.8. The second-order valence-corrected chi connectivity index (χ2v) is 4.85. The van der Waals surface area contributed by atoms with Gasteiger partial charge in [0.25, 0.3) is 0 Å². The van der Waals surface area contributed by atoms with Crippen LogP contribution in [0.4, 0.5) is 0 Å². The Labute approximate surface area is 113 Å². The molecule has 1 fully saturated rings. The number of piperidine rings is 1. The maximum absolute atomic E-state index is 11.6. The summed E-state index contributed by atoms with van der Waals surface area (Å²) in [6.45, 7) is 2.93. The van der Waals surface area contributed by atoms with E-state index < -0.39 is 0 Å². The monoisotopic (exact) mass is 261 g/mol. The van der Waals surface area contributed by atoms with Crippen molar-refractivity contribution in [2.45, 2.75) is 25.7 Å². The Morgan fingerprint density at radius 2 is 2.05 bits per heavy atom. The molecule has 1 aliphatic heterocycles. The van der Waals surface area contributed by atoms with Gasteiger partial charge in [-0.15, -0.1) is 0 Å². The number of ether oxygens (including phenoxy) is 1. The van der Waals surface area contributed by atoms with Gasteiger partial charge >= 0.3 is 5.97 Å². The van der Waals surface area contributed by atoms with Crippen molar-refractivity contribution in [2.75, 3.05) is 20.2 Å². The van der Waals surface area contributed by atoms with Gasteiger partial charge in [0, 0.05) is 25.9 Å². The van der Waals surface area contributed by atoms with Crippen LogP contribution in [0, 0.1) is 0 Å².